The smallest absolute Gasteiger partial charge is 0.251 e. The highest BCUT2D eigenvalue weighted by molar-refractivity contribution is 6.01. The van der Waals surface area contributed by atoms with E-state index in [-0.39, 0.29) is 11.8 Å². The molecular weight excluding hydrogens is 222 g/mol. The van der Waals surface area contributed by atoms with Gasteiger partial charge in [0.1, 0.15) is 6.04 Å². The van der Waals surface area contributed by atoms with Crippen LogP contribution in [0.4, 0.5) is 11.6 Å². The van der Waals surface area contributed by atoms with Gasteiger partial charge >= 0.3 is 0 Å². The number of anilines is 2. The molecule has 0 spiro atoms. The lowest BCUT2D eigenvalue weighted by Gasteiger charge is -2.28. The molecule has 90 valence electrons. The molecule has 0 radical (unpaired) electrons. The Morgan fingerprint density at radius 3 is 2.71 bits per heavy atom. The summed E-state index contributed by atoms with van der Waals surface area (Å²) in [6.07, 6.45) is 3.71. The van der Waals surface area contributed by atoms with E-state index in [4.69, 9.17) is 5.73 Å². The van der Waals surface area contributed by atoms with Gasteiger partial charge in [0.25, 0.3) is 5.91 Å². The topological polar surface area (TPSA) is 101 Å². The fourth-order valence-electron chi connectivity index (χ4n) is 1.62. The largest absolute Gasteiger partial charge is 0.396 e. The van der Waals surface area contributed by atoms with Crippen LogP contribution < -0.4 is 11.1 Å². The van der Waals surface area contributed by atoms with Crippen molar-refractivity contribution in [2.45, 2.75) is 18.9 Å². The molecule has 1 aliphatic rings. The average molecular weight is 235 g/mol. The van der Waals surface area contributed by atoms with Gasteiger partial charge in [-0.25, -0.2) is 9.97 Å². The highest BCUT2D eigenvalue weighted by Crippen LogP contribution is 2.14. The first-order valence-electron chi connectivity index (χ1n) is 5.22. The predicted octanol–water partition coefficient (Wildman–Crippen LogP) is -0.382. The van der Waals surface area contributed by atoms with Gasteiger partial charge < -0.3 is 11.1 Å². The molecule has 7 nitrogen and oxygen atoms in total. The van der Waals surface area contributed by atoms with Crippen molar-refractivity contribution in [2.75, 3.05) is 18.1 Å². The molecule has 0 aromatic carbocycles. The summed E-state index contributed by atoms with van der Waals surface area (Å²) >= 11 is 0. The zero-order valence-corrected chi connectivity index (χ0v) is 9.38. The van der Waals surface area contributed by atoms with E-state index in [0.29, 0.717) is 24.5 Å². The van der Waals surface area contributed by atoms with Crippen LogP contribution in [0.25, 0.3) is 0 Å². The maximum Gasteiger partial charge on any atom is 0.251 e. The van der Waals surface area contributed by atoms with Crippen molar-refractivity contribution in [1.82, 2.24) is 14.9 Å². The summed E-state index contributed by atoms with van der Waals surface area (Å²) < 4.78 is 0. The van der Waals surface area contributed by atoms with Crippen molar-refractivity contribution in [3.8, 4) is 0 Å². The Bertz CT molecular complexity index is 445. The second-order valence-corrected chi connectivity index (χ2v) is 3.87. The Hall–Kier alpha value is -2.18. The van der Waals surface area contributed by atoms with Gasteiger partial charge in [-0.1, -0.05) is 0 Å². The highest BCUT2D eigenvalue weighted by atomic mass is 16.2. The number of hydrogen-bond donors (Lipinski definition) is 2. The van der Waals surface area contributed by atoms with Gasteiger partial charge in [-0.05, 0) is 6.42 Å². The Kier molecular flexibility index (Phi) is 2.90. The molecule has 1 unspecified atom stereocenters. The van der Waals surface area contributed by atoms with Crippen LogP contribution in [0.3, 0.4) is 0 Å². The number of rotatable bonds is 2. The second-order valence-electron chi connectivity index (χ2n) is 3.87. The van der Waals surface area contributed by atoms with Gasteiger partial charge in [0.2, 0.25) is 11.9 Å². The van der Waals surface area contributed by atoms with Crippen LogP contribution in [0, 0.1) is 0 Å². The Morgan fingerprint density at radius 2 is 2.06 bits per heavy atom. The summed E-state index contributed by atoms with van der Waals surface area (Å²) in [5.74, 6) is -0.0896. The quantitative estimate of drug-likeness (QED) is 0.677. The molecule has 3 N–H and O–H groups in total. The van der Waals surface area contributed by atoms with E-state index in [1.54, 1.807) is 0 Å². The van der Waals surface area contributed by atoms with Gasteiger partial charge in [0.15, 0.2) is 0 Å². The molecule has 0 bridgehead atoms. The molecule has 7 heteroatoms. The third-order valence-corrected chi connectivity index (χ3v) is 2.62. The van der Waals surface area contributed by atoms with Crippen LogP contribution in [0.1, 0.15) is 12.8 Å². The number of piperidine rings is 1. The van der Waals surface area contributed by atoms with Crippen molar-refractivity contribution in [1.29, 1.82) is 0 Å². The van der Waals surface area contributed by atoms with Crippen LogP contribution in [0.15, 0.2) is 12.4 Å². The minimum absolute atomic E-state index is 0.161. The van der Waals surface area contributed by atoms with E-state index in [1.165, 1.54) is 19.4 Å². The third-order valence-electron chi connectivity index (χ3n) is 2.62. The fourth-order valence-corrected chi connectivity index (χ4v) is 1.62. The summed E-state index contributed by atoms with van der Waals surface area (Å²) in [6.45, 7) is 0. The molecule has 1 aromatic heterocycles. The van der Waals surface area contributed by atoms with E-state index in [2.05, 4.69) is 15.3 Å². The molecule has 17 heavy (non-hydrogen) atoms. The minimum Gasteiger partial charge on any atom is -0.396 e. The van der Waals surface area contributed by atoms with E-state index < -0.39 is 6.04 Å². The number of likely N-dealkylation sites (N-methyl/N-ethyl adjacent to an activating group) is 1. The van der Waals surface area contributed by atoms with Crippen molar-refractivity contribution in [3.63, 3.8) is 0 Å². The first-order valence-corrected chi connectivity index (χ1v) is 5.22. The summed E-state index contributed by atoms with van der Waals surface area (Å²) in [6, 6.07) is -0.457. The molecule has 2 rings (SSSR count). The number of nitrogens with one attached hydrogen (secondary N) is 1. The summed E-state index contributed by atoms with van der Waals surface area (Å²) in [5.41, 5.74) is 5.91. The molecule has 2 heterocycles. The zero-order valence-electron chi connectivity index (χ0n) is 9.38. The Balaban J connectivity index is 2.06. The van der Waals surface area contributed by atoms with Gasteiger partial charge in [-0.15, -0.1) is 0 Å². The first kappa shape index (κ1) is 11.3. The number of hydrogen-bond acceptors (Lipinski definition) is 6. The molecule has 0 aliphatic carbocycles. The lowest BCUT2D eigenvalue weighted by molar-refractivity contribution is -0.146. The first-order chi connectivity index (χ1) is 8.08. The van der Waals surface area contributed by atoms with Gasteiger partial charge in [0, 0.05) is 13.5 Å². The monoisotopic (exact) mass is 235 g/mol. The molecule has 1 aromatic rings. The van der Waals surface area contributed by atoms with E-state index in [1.807, 2.05) is 0 Å². The molecular formula is C10H13N5O2. The predicted molar refractivity (Wildman–Crippen MR) is 60.9 cm³/mol. The number of aromatic nitrogens is 2. The standard InChI is InChI=1S/C10H13N5O2/c1-15-8(16)3-2-7(9(15)17)14-10-12-4-6(11)5-13-10/h4-5,7H,2-3,11H2,1H3,(H,12,13,14). The maximum absolute atomic E-state index is 11.8. The van der Waals surface area contributed by atoms with Gasteiger partial charge in [-0.2, -0.15) is 0 Å². The van der Waals surface area contributed by atoms with Crippen molar-refractivity contribution in [3.05, 3.63) is 12.4 Å². The maximum atomic E-state index is 11.8. The molecule has 2 amide bonds. The van der Waals surface area contributed by atoms with E-state index >= 15 is 0 Å². The molecule has 1 saturated heterocycles. The van der Waals surface area contributed by atoms with Crippen LogP contribution in [0.2, 0.25) is 0 Å². The normalized spacial score (nSPS) is 20.5. The van der Waals surface area contributed by atoms with E-state index in [0.717, 1.165) is 4.90 Å². The van der Waals surface area contributed by atoms with Gasteiger partial charge in [-0.3, -0.25) is 14.5 Å². The lowest BCUT2D eigenvalue weighted by Crippen LogP contribution is -2.48. The average Bonchev–Trinajstić information content (AvgIpc) is 2.33. The lowest BCUT2D eigenvalue weighted by atomic mass is 10.1. The van der Waals surface area contributed by atoms with Crippen molar-refractivity contribution >= 4 is 23.5 Å². The molecule has 1 fully saturated rings. The number of imide groups is 1. The fraction of sp³-hybridized carbons (Fsp3) is 0.400. The highest BCUT2D eigenvalue weighted by Gasteiger charge is 2.31. The van der Waals surface area contributed by atoms with Crippen molar-refractivity contribution < 1.29 is 9.59 Å². The van der Waals surface area contributed by atoms with Crippen LogP contribution in [-0.4, -0.2) is 39.8 Å². The summed E-state index contributed by atoms with van der Waals surface area (Å²) in [4.78, 5) is 32.1. The number of carbonyl (C=O) groups excluding carboxylic acids is 2. The van der Waals surface area contributed by atoms with Crippen LogP contribution >= 0.6 is 0 Å². The Morgan fingerprint density at radius 1 is 1.41 bits per heavy atom. The SMILES string of the molecule is CN1C(=O)CCC(Nc2ncc(N)cn2)C1=O. The van der Waals surface area contributed by atoms with E-state index in [9.17, 15) is 9.59 Å². The Labute approximate surface area is 98.0 Å². The molecule has 1 aliphatic heterocycles. The third kappa shape index (κ3) is 2.32. The molecule has 1 atom stereocenters. The number of nitrogen functional groups attached to an aromatic ring is 1. The number of amides is 2. The number of nitrogens with two attached hydrogens (primary N) is 1. The minimum atomic E-state index is -0.457. The summed E-state index contributed by atoms with van der Waals surface area (Å²) in [5, 5.41) is 2.89. The van der Waals surface area contributed by atoms with Crippen LogP contribution in [0.5, 0.6) is 0 Å². The van der Waals surface area contributed by atoms with Crippen molar-refractivity contribution in [2.24, 2.45) is 0 Å². The zero-order chi connectivity index (χ0) is 12.4. The number of likely N-dealkylation sites (tertiary alicyclic amines) is 1. The molecule has 0 saturated carbocycles. The van der Waals surface area contributed by atoms with Gasteiger partial charge in [0.05, 0.1) is 18.1 Å². The second kappa shape index (κ2) is 4.36. The number of carbonyl (C=O) groups is 2. The van der Waals surface area contributed by atoms with Crippen LogP contribution in [-0.2, 0) is 9.59 Å². The summed E-state index contributed by atoms with van der Waals surface area (Å²) in [7, 11) is 1.47. The number of nitrogens with zero attached hydrogens (tertiary/aromatic N) is 3.